The van der Waals surface area contributed by atoms with Crippen LogP contribution in [-0.2, 0) is 9.53 Å². The van der Waals surface area contributed by atoms with Gasteiger partial charge in [-0.15, -0.1) is 0 Å². The Labute approximate surface area is 91.0 Å². The third kappa shape index (κ3) is 2.92. The van der Waals surface area contributed by atoms with Gasteiger partial charge >= 0.3 is 0 Å². The van der Waals surface area contributed by atoms with E-state index in [2.05, 4.69) is 5.32 Å². The molecule has 2 rings (SSSR count). The van der Waals surface area contributed by atoms with Crippen molar-refractivity contribution in [1.82, 2.24) is 10.2 Å². The van der Waals surface area contributed by atoms with E-state index in [1.165, 1.54) is 19.3 Å². The van der Waals surface area contributed by atoms with E-state index in [1.54, 1.807) is 0 Å². The zero-order chi connectivity index (χ0) is 10.5. The van der Waals surface area contributed by atoms with Gasteiger partial charge < -0.3 is 15.0 Å². The number of nitrogens with one attached hydrogen (secondary N) is 1. The Bertz CT molecular complexity index is 207. The molecule has 2 aliphatic rings. The van der Waals surface area contributed by atoms with Crippen molar-refractivity contribution in [3.05, 3.63) is 0 Å². The Morgan fingerprint density at radius 2 is 2.00 bits per heavy atom. The lowest BCUT2D eigenvalue weighted by molar-refractivity contribution is -0.137. The van der Waals surface area contributed by atoms with E-state index in [0.29, 0.717) is 13.2 Å². The molecule has 2 aliphatic heterocycles. The summed E-state index contributed by atoms with van der Waals surface area (Å²) >= 11 is 0. The Morgan fingerprint density at radius 3 is 2.80 bits per heavy atom. The molecule has 0 aromatic heterocycles. The Morgan fingerprint density at radius 1 is 1.20 bits per heavy atom. The summed E-state index contributed by atoms with van der Waals surface area (Å²) in [5.41, 5.74) is 0. The number of amides is 1. The fourth-order valence-electron chi connectivity index (χ4n) is 2.24. The number of ether oxygens (including phenoxy) is 1. The van der Waals surface area contributed by atoms with Crippen LogP contribution < -0.4 is 5.32 Å². The summed E-state index contributed by atoms with van der Waals surface area (Å²) in [6.45, 7) is 3.89. The molecule has 0 bridgehead atoms. The van der Waals surface area contributed by atoms with Gasteiger partial charge in [0.15, 0.2) is 0 Å². The Hall–Kier alpha value is -0.610. The summed E-state index contributed by atoms with van der Waals surface area (Å²) in [6, 6.07) is 0.0607. The second-order valence-electron chi connectivity index (χ2n) is 4.29. The highest BCUT2D eigenvalue weighted by Crippen LogP contribution is 2.11. The van der Waals surface area contributed by atoms with E-state index in [-0.39, 0.29) is 11.9 Å². The van der Waals surface area contributed by atoms with E-state index in [4.69, 9.17) is 4.74 Å². The average Bonchev–Trinajstić information content (AvgIpc) is 2.58. The fourth-order valence-corrected chi connectivity index (χ4v) is 2.24. The molecule has 2 saturated heterocycles. The van der Waals surface area contributed by atoms with E-state index >= 15 is 0 Å². The monoisotopic (exact) mass is 212 g/mol. The van der Waals surface area contributed by atoms with E-state index in [1.807, 2.05) is 4.90 Å². The van der Waals surface area contributed by atoms with Gasteiger partial charge in [0.2, 0.25) is 5.91 Å². The molecule has 0 saturated carbocycles. The van der Waals surface area contributed by atoms with Crippen molar-refractivity contribution in [2.45, 2.75) is 31.7 Å². The maximum atomic E-state index is 12.1. The van der Waals surface area contributed by atoms with Crippen molar-refractivity contribution < 1.29 is 9.53 Å². The molecule has 0 aliphatic carbocycles. The van der Waals surface area contributed by atoms with Gasteiger partial charge in [-0.1, -0.05) is 12.8 Å². The van der Waals surface area contributed by atoms with Crippen molar-refractivity contribution >= 4 is 5.91 Å². The highest BCUT2D eigenvalue weighted by molar-refractivity contribution is 5.82. The van der Waals surface area contributed by atoms with Crippen LogP contribution in [0.5, 0.6) is 0 Å². The van der Waals surface area contributed by atoms with Crippen LogP contribution in [0.3, 0.4) is 0 Å². The van der Waals surface area contributed by atoms with E-state index < -0.39 is 0 Å². The van der Waals surface area contributed by atoms with Crippen LogP contribution in [0, 0.1) is 0 Å². The number of hydrogen-bond acceptors (Lipinski definition) is 3. The normalized spacial score (nSPS) is 28.5. The molecule has 0 aromatic rings. The summed E-state index contributed by atoms with van der Waals surface area (Å²) in [6.07, 6.45) is 4.62. The van der Waals surface area contributed by atoms with Gasteiger partial charge in [0.05, 0.1) is 19.3 Å². The summed E-state index contributed by atoms with van der Waals surface area (Å²) < 4.78 is 5.25. The first kappa shape index (κ1) is 10.9. The van der Waals surface area contributed by atoms with Crippen molar-refractivity contribution in [2.75, 3.05) is 32.8 Å². The number of hydrogen-bond donors (Lipinski definition) is 1. The fraction of sp³-hybridized carbons (Fsp3) is 0.909. The lowest BCUT2D eigenvalue weighted by Gasteiger charge is -2.30. The summed E-state index contributed by atoms with van der Waals surface area (Å²) in [5.74, 6) is 0.278. The first-order chi connectivity index (χ1) is 7.38. The van der Waals surface area contributed by atoms with Gasteiger partial charge in [0.25, 0.3) is 0 Å². The average molecular weight is 212 g/mol. The highest BCUT2D eigenvalue weighted by atomic mass is 16.5. The SMILES string of the molecule is O=C([C@@H]1CCCCCN1)N1CCOCC1. The number of nitrogens with zero attached hydrogens (tertiary/aromatic N) is 1. The highest BCUT2D eigenvalue weighted by Gasteiger charge is 2.25. The van der Waals surface area contributed by atoms with Crippen LogP contribution in [-0.4, -0.2) is 49.7 Å². The van der Waals surface area contributed by atoms with E-state index in [9.17, 15) is 4.79 Å². The number of carbonyl (C=O) groups excluding carboxylic acids is 1. The lowest BCUT2D eigenvalue weighted by atomic mass is 10.1. The van der Waals surface area contributed by atoms with Crippen molar-refractivity contribution in [3.8, 4) is 0 Å². The Kier molecular flexibility index (Phi) is 3.97. The third-order valence-electron chi connectivity index (χ3n) is 3.18. The molecule has 2 fully saturated rings. The summed E-state index contributed by atoms with van der Waals surface area (Å²) in [4.78, 5) is 14.1. The molecule has 86 valence electrons. The minimum absolute atomic E-state index is 0.0607. The molecular weight excluding hydrogens is 192 g/mol. The molecule has 4 nitrogen and oxygen atoms in total. The van der Waals surface area contributed by atoms with Crippen LogP contribution in [0.1, 0.15) is 25.7 Å². The smallest absolute Gasteiger partial charge is 0.239 e. The zero-order valence-electron chi connectivity index (χ0n) is 9.21. The van der Waals surface area contributed by atoms with Crippen molar-refractivity contribution in [3.63, 3.8) is 0 Å². The minimum atomic E-state index is 0.0607. The van der Waals surface area contributed by atoms with Crippen LogP contribution in [0.15, 0.2) is 0 Å². The minimum Gasteiger partial charge on any atom is -0.378 e. The summed E-state index contributed by atoms with van der Waals surface area (Å²) in [5, 5.41) is 3.35. The predicted molar refractivity (Wildman–Crippen MR) is 57.7 cm³/mol. The number of morpholine rings is 1. The van der Waals surface area contributed by atoms with Gasteiger partial charge in [-0.05, 0) is 19.4 Å². The van der Waals surface area contributed by atoms with Crippen LogP contribution in [0.4, 0.5) is 0 Å². The topological polar surface area (TPSA) is 41.6 Å². The molecule has 1 N–H and O–H groups in total. The molecule has 1 atom stereocenters. The lowest BCUT2D eigenvalue weighted by Crippen LogP contribution is -2.50. The molecule has 0 aromatic carbocycles. The number of rotatable bonds is 1. The quantitative estimate of drug-likeness (QED) is 0.683. The van der Waals surface area contributed by atoms with Crippen LogP contribution in [0.2, 0.25) is 0 Å². The van der Waals surface area contributed by atoms with Gasteiger partial charge in [-0.2, -0.15) is 0 Å². The van der Waals surface area contributed by atoms with Gasteiger partial charge in [-0.25, -0.2) is 0 Å². The standard InChI is InChI=1S/C11H20N2O2/c14-11(13-6-8-15-9-7-13)10-4-2-1-3-5-12-10/h10,12H,1-9H2/t10-/m0/s1. The molecule has 15 heavy (non-hydrogen) atoms. The van der Waals surface area contributed by atoms with Gasteiger partial charge in [0, 0.05) is 13.1 Å². The van der Waals surface area contributed by atoms with Gasteiger partial charge in [-0.3, -0.25) is 4.79 Å². The zero-order valence-corrected chi connectivity index (χ0v) is 9.21. The molecule has 0 spiro atoms. The first-order valence-electron chi connectivity index (χ1n) is 5.98. The summed E-state index contributed by atoms with van der Waals surface area (Å²) in [7, 11) is 0. The number of carbonyl (C=O) groups is 1. The second kappa shape index (κ2) is 5.47. The van der Waals surface area contributed by atoms with E-state index in [0.717, 1.165) is 26.1 Å². The predicted octanol–water partition coefficient (Wildman–Crippen LogP) is 0.377. The molecular formula is C11H20N2O2. The Balaban J connectivity index is 1.87. The largest absolute Gasteiger partial charge is 0.378 e. The van der Waals surface area contributed by atoms with Crippen LogP contribution in [0.25, 0.3) is 0 Å². The second-order valence-corrected chi connectivity index (χ2v) is 4.29. The molecule has 0 radical (unpaired) electrons. The maximum Gasteiger partial charge on any atom is 0.239 e. The molecule has 0 unspecified atom stereocenters. The van der Waals surface area contributed by atoms with Crippen molar-refractivity contribution in [1.29, 1.82) is 0 Å². The molecule has 2 heterocycles. The van der Waals surface area contributed by atoms with Gasteiger partial charge in [0.1, 0.15) is 0 Å². The third-order valence-corrected chi connectivity index (χ3v) is 3.18. The molecule has 4 heteroatoms. The van der Waals surface area contributed by atoms with Crippen molar-refractivity contribution in [2.24, 2.45) is 0 Å². The maximum absolute atomic E-state index is 12.1. The first-order valence-corrected chi connectivity index (χ1v) is 5.98. The molecule has 1 amide bonds. The van der Waals surface area contributed by atoms with Crippen LogP contribution >= 0.6 is 0 Å².